The number of aryl methyl sites for hydroxylation is 2. The van der Waals surface area contributed by atoms with Gasteiger partial charge in [0.05, 0.1) is 5.52 Å². The highest BCUT2D eigenvalue weighted by Gasteiger charge is 2.14. The maximum absolute atomic E-state index is 12.0. The number of aromatic nitrogens is 1. The van der Waals surface area contributed by atoms with E-state index in [1.807, 2.05) is 19.1 Å². The molecule has 2 heterocycles. The van der Waals surface area contributed by atoms with E-state index in [0.29, 0.717) is 11.1 Å². The van der Waals surface area contributed by atoms with Gasteiger partial charge in [-0.1, -0.05) is 30.3 Å². The van der Waals surface area contributed by atoms with Gasteiger partial charge in [-0.3, -0.25) is 0 Å². The number of para-hydroxylation sites is 1. The van der Waals surface area contributed by atoms with Gasteiger partial charge in [0.1, 0.15) is 0 Å². The minimum absolute atomic E-state index is 0.261. The van der Waals surface area contributed by atoms with Crippen LogP contribution in [0.25, 0.3) is 32.8 Å². The SMILES string of the molecule is Cc1c(C)c2ccc3c4cccc(C)c4[nH]c3c2oc1=O. The first-order chi connectivity index (χ1) is 10.1. The van der Waals surface area contributed by atoms with Gasteiger partial charge in [0.15, 0.2) is 5.58 Å². The summed E-state index contributed by atoms with van der Waals surface area (Å²) in [4.78, 5) is 15.4. The Labute approximate surface area is 121 Å². The lowest BCUT2D eigenvalue weighted by Gasteiger charge is -2.04. The lowest BCUT2D eigenvalue weighted by molar-refractivity contribution is 0.556. The van der Waals surface area contributed by atoms with Crippen molar-refractivity contribution in [2.45, 2.75) is 20.8 Å². The van der Waals surface area contributed by atoms with Crippen LogP contribution in [0.1, 0.15) is 16.7 Å². The van der Waals surface area contributed by atoms with Gasteiger partial charge >= 0.3 is 5.63 Å². The molecule has 0 aliphatic rings. The Hall–Kier alpha value is -2.55. The fraction of sp³-hybridized carbons (Fsp3) is 0.167. The first-order valence-electron chi connectivity index (χ1n) is 7.02. The third kappa shape index (κ3) is 1.51. The van der Waals surface area contributed by atoms with Crippen LogP contribution in [0.2, 0.25) is 0 Å². The Balaban J connectivity index is 2.32. The zero-order valence-electron chi connectivity index (χ0n) is 12.2. The summed E-state index contributed by atoms with van der Waals surface area (Å²) in [6.45, 7) is 5.85. The third-order valence-corrected chi connectivity index (χ3v) is 4.44. The van der Waals surface area contributed by atoms with Crippen molar-refractivity contribution in [2.75, 3.05) is 0 Å². The standard InChI is InChI=1S/C18H15NO2/c1-9-5-4-6-13-14-8-7-12-10(2)11(3)18(20)21-17(12)16(14)19-15(9)13/h4-8,19H,1-3H3. The van der Waals surface area contributed by atoms with Gasteiger partial charge in [-0.05, 0) is 31.9 Å². The molecule has 2 aromatic carbocycles. The predicted octanol–water partition coefficient (Wildman–Crippen LogP) is 4.35. The molecule has 0 radical (unpaired) electrons. The van der Waals surface area contributed by atoms with E-state index in [9.17, 15) is 4.79 Å². The molecule has 3 heteroatoms. The quantitative estimate of drug-likeness (QED) is 0.486. The summed E-state index contributed by atoms with van der Waals surface area (Å²) in [6.07, 6.45) is 0. The minimum Gasteiger partial charge on any atom is -0.420 e. The van der Waals surface area contributed by atoms with Crippen LogP contribution in [0, 0.1) is 20.8 Å². The molecule has 0 aliphatic heterocycles. The Kier molecular flexibility index (Phi) is 2.31. The normalized spacial score (nSPS) is 11.8. The number of fused-ring (bicyclic) bond motifs is 5. The second kappa shape index (κ2) is 3.98. The maximum atomic E-state index is 12.0. The van der Waals surface area contributed by atoms with Gasteiger partial charge in [0.2, 0.25) is 0 Å². The summed E-state index contributed by atoms with van der Waals surface area (Å²) < 4.78 is 5.57. The van der Waals surface area contributed by atoms with E-state index < -0.39 is 0 Å². The number of nitrogens with one attached hydrogen (secondary N) is 1. The van der Waals surface area contributed by atoms with Crippen molar-refractivity contribution < 1.29 is 4.42 Å². The summed E-state index contributed by atoms with van der Waals surface area (Å²) in [6, 6.07) is 10.4. The molecule has 1 N–H and O–H groups in total. The van der Waals surface area contributed by atoms with Gasteiger partial charge in [-0.2, -0.15) is 0 Å². The third-order valence-electron chi connectivity index (χ3n) is 4.44. The molecular formula is C18H15NO2. The topological polar surface area (TPSA) is 46.0 Å². The van der Waals surface area contributed by atoms with Crippen molar-refractivity contribution in [1.29, 1.82) is 0 Å². The van der Waals surface area contributed by atoms with E-state index in [0.717, 1.165) is 32.8 Å². The molecule has 104 valence electrons. The first kappa shape index (κ1) is 12.2. The van der Waals surface area contributed by atoms with Crippen molar-refractivity contribution in [2.24, 2.45) is 0 Å². The fourth-order valence-corrected chi connectivity index (χ4v) is 3.04. The minimum atomic E-state index is -0.261. The molecule has 0 amide bonds. The molecule has 0 spiro atoms. The molecule has 0 saturated carbocycles. The van der Waals surface area contributed by atoms with Crippen LogP contribution < -0.4 is 5.63 Å². The number of benzene rings is 2. The number of hydrogen-bond donors (Lipinski definition) is 1. The second-order valence-corrected chi connectivity index (χ2v) is 5.63. The number of rotatable bonds is 0. The molecule has 0 atom stereocenters. The van der Waals surface area contributed by atoms with Gasteiger partial charge in [0, 0.05) is 27.2 Å². The molecular weight excluding hydrogens is 262 g/mol. The molecule has 4 aromatic rings. The van der Waals surface area contributed by atoms with Gasteiger partial charge in [-0.25, -0.2) is 4.79 Å². The molecule has 0 saturated heterocycles. The van der Waals surface area contributed by atoms with Crippen LogP contribution in [0.3, 0.4) is 0 Å². The first-order valence-corrected chi connectivity index (χ1v) is 7.02. The average molecular weight is 277 g/mol. The lowest BCUT2D eigenvalue weighted by Crippen LogP contribution is -2.05. The van der Waals surface area contributed by atoms with Crippen LogP contribution in [0.15, 0.2) is 39.5 Å². The van der Waals surface area contributed by atoms with Crippen molar-refractivity contribution >= 4 is 32.8 Å². The van der Waals surface area contributed by atoms with Crippen LogP contribution in [0.4, 0.5) is 0 Å². The van der Waals surface area contributed by atoms with E-state index in [-0.39, 0.29) is 5.63 Å². The fourth-order valence-electron chi connectivity index (χ4n) is 3.04. The monoisotopic (exact) mass is 277 g/mol. The van der Waals surface area contributed by atoms with Gasteiger partial charge < -0.3 is 9.40 Å². The highest BCUT2D eigenvalue weighted by atomic mass is 16.4. The number of H-pyrrole nitrogens is 1. The highest BCUT2D eigenvalue weighted by molar-refractivity contribution is 6.16. The van der Waals surface area contributed by atoms with Crippen molar-refractivity contribution in [3.63, 3.8) is 0 Å². The number of hydrogen-bond acceptors (Lipinski definition) is 2. The molecule has 3 nitrogen and oxygen atoms in total. The summed E-state index contributed by atoms with van der Waals surface area (Å²) in [5, 5.41) is 3.24. The molecule has 0 fully saturated rings. The van der Waals surface area contributed by atoms with E-state index in [1.54, 1.807) is 6.92 Å². The van der Waals surface area contributed by atoms with Crippen molar-refractivity contribution in [1.82, 2.24) is 4.98 Å². The van der Waals surface area contributed by atoms with E-state index in [4.69, 9.17) is 4.42 Å². The van der Waals surface area contributed by atoms with Crippen LogP contribution in [-0.4, -0.2) is 4.98 Å². The highest BCUT2D eigenvalue weighted by Crippen LogP contribution is 2.33. The van der Waals surface area contributed by atoms with Crippen molar-refractivity contribution in [3.8, 4) is 0 Å². The van der Waals surface area contributed by atoms with Gasteiger partial charge in [0.25, 0.3) is 0 Å². The molecule has 4 rings (SSSR count). The summed E-state index contributed by atoms with van der Waals surface area (Å²) >= 11 is 0. The summed E-state index contributed by atoms with van der Waals surface area (Å²) in [5.74, 6) is 0. The van der Waals surface area contributed by atoms with Crippen LogP contribution in [0.5, 0.6) is 0 Å². The Morgan fingerprint density at radius 1 is 0.857 bits per heavy atom. The molecule has 0 unspecified atom stereocenters. The molecule has 21 heavy (non-hydrogen) atoms. The van der Waals surface area contributed by atoms with Crippen molar-refractivity contribution in [3.05, 3.63) is 57.4 Å². The Bertz CT molecular complexity index is 1080. The van der Waals surface area contributed by atoms with E-state index >= 15 is 0 Å². The largest absolute Gasteiger partial charge is 0.420 e. The van der Waals surface area contributed by atoms with Crippen LogP contribution in [-0.2, 0) is 0 Å². The summed E-state index contributed by atoms with van der Waals surface area (Å²) in [7, 11) is 0. The Morgan fingerprint density at radius 2 is 1.57 bits per heavy atom. The van der Waals surface area contributed by atoms with E-state index in [1.165, 1.54) is 5.56 Å². The van der Waals surface area contributed by atoms with Gasteiger partial charge in [-0.15, -0.1) is 0 Å². The Morgan fingerprint density at radius 3 is 2.38 bits per heavy atom. The maximum Gasteiger partial charge on any atom is 0.339 e. The smallest absolute Gasteiger partial charge is 0.339 e. The molecule has 0 aliphatic carbocycles. The summed E-state index contributed by atoms with van der Waals surface area (Å²) in [5.41, 5.74) is 5.23. The number of aromatic amines is 1. The van der Waals surface area contributed by atoms with E-state index in [2.05, 4.69) is 30.1 Å². The second-order valence-electron chi connectivity index (χ2n) is 5.63. The zero-order chi connectivity index (χ0) is 14.7. The molecule has 2 aromatic heterocycles. The van der Waals surface area contributed by atoms with Crippen LogP contribution >= 0.6 is 0 Å². The predicted molar refractivity (Wildman–Crippen MR) is 86.1 cm³/mol. The molecule has 0 bridgehead atoms. The zero-order valence-corrected chi connectivity index (χ0v) is 12.2. The lowest BCUT2D eigenvalue weighted by atomic mass is 10.0. The average Bonchev–Trinajstić information content (AvgIpc) is 2.86.